The summed E-state index contributed by atoms with van der Waals surface area (Å²) in [5.74, 6) is -0.000258. The Bertz CT molecular complexity index is 1200. The third-order valence-corrected chi connectivity index (χ3v) is 18.4. The van der Waals surface area contributed by atoms with Crippen molar-refractivity contribution in [3.63, 3.8) is 0 Å². The standard InChI is InChI=1S/C76H151NO5/c1-3-5-7-9-11-13-15-17-19-20-34-37-41-44-48-52-56-60-64-68-74(79)73(72-78)77-75(80)69-65-61-57-53-49-45-42-38-35-32-30-28-26-24-22-21-23-25-27-29-31-33-36-39-43-47-51-55-59-63-67-71-82-76(81)70-66-62-58-54-50-46-40-18-16-14-12-10-8-6-4-2/h73-74,78-79H,3-72H2,1-2H3,(H,77,80). The molecular weight excluding hydrogens is 1010 g/mol. The number of aliphatic hydroxyl groups is 2. The maximum atomic E-state index is 12.5. The number of unbranched alkanes of at least 4 members (excludes halogenated alkanes) is 62. The zero-order valence-electron chi connectivity index (χ0n) is 56.3. The van der Waals surface area contributed by atoms with Crippen molar-refractivity contribution in [1.29, 1.82) is 0 Å². The van der Waals surface area contributed by atoms with Crippen LogP contribution in [0.25, 0.3) is 0 Å². The maximum Gasteiger partial charge on any atom is 0.305 e. The third-order valence-electron chi connectivity index (χ3n) is 18.4. The highest BCUT2D eigenvalue weighted by molar-refractivity contribution is 5.76. The molecule has 0 radical (unpaired) electrons. The van der Waals surface area contributed by atoms with Crippen LogP contribution in [-0.2, 0) is 14.3 Å². The van der Waals surface area contributed by atoms with Crippen LogP contribution in [0.15, 0.2) is 0 Å². The Labute approximate surface area is 515 Å². The highest BCUT2D eigenvalue weighted by Crippen LogP contribution is 2.20. The number of aliphatic hydroxyl groups excluding tert-OH is 2. The number of ether oxygens (including phenoxy) is 1. The third kappa shape index (κ3) is 68.0. The van der Waals surface area contributed by atoms with Crippen LogP contribution in [0.4, 0.5) is 0 Å². The number of hydrogen-bond donors (Lipinski definition) is 3. The van der Waals surface area contributed by atoms with E-state index in [4.69, 9.17) is 4.74 Å². The van der Waals surface area contributed by atoms with Gasteiger partial charge in [-0.25, -0.2) is 0 Å². The molecule has 0 aromatic carbocycles. The van der Waals surface area contributed by atoms with Gasteiger partial charge in [0.25, 0.3) is 0 Å². The lowest BCUT2D eigenvalue weighted by Gasteiger charge is -2.22. The minimum atomic E-state index is -0.661. The van der Waals surface area contributed by atoms with Gasteiger partial charge in [-0.15, -0.1) is 0 Å². The Morgan fingerprint density at radius 1 is 0.293 bits per heavy atom. The zero-order chi connectivity index (χ0) is 59.2. The van der Waals surface area contributed by atoms with Gasteiger partial charge in [-0.05, 0) is 25.7 Å². The van der Waals surface area contributed by atoms with Gasteiger partial charge in [-0.1, -0.05) is 412 Å². The van der Waals surface area contributed by atoms with E-state index in [2.05, 4.69) is 19.2 Å². The highest BCUT2D eigenvalue weighted by atomic mass is 16.5. The van der Waals surface area contributed by atoms with Crippen LogP contribution in [0.2, 0.25) is 0 Å². The van der Waals surface area contributed by atoms with Crippen molar-refractivity contribution >= 4 is 11.9 Å². The molecule has 0 heterocycles. The van der Waals surface area contributed by atoms with E-state index in [1.54, 1.807) is 0 Å². The van der Waals surface area contributed by atoms with Gasteiger partial charge in [0.15, 0.2) is 0 Å². The second-order valence-corrected chi connectivity index (χ2v) is 26.7. The van der Waals surface area contributed by atoms with Gasteiger partial charge in [0, 0.05) is 12.8 Å². The molecule has 3 N–H and O–H groups in total. The summed E-state index contributed by atoms with van der Waals surface area (Å²) in [5, 5.41) is 23.4. The van der Waals surface area contributed by atoms with Crippen molar-refractivity contribution < 1.29 is 24.5 Å². The molecule has 0 aromatic heterocycles. The van der Waals surface area contributed by atoms with Crippen molar-refractivity contribution in [3.8, 4) is 0 Å². The van der Waals surface area contributed by atoms with E-state index >= 15 is 0 Å². The first-order chi connectivity index (χ1) is 40.5. The summed E-state index contributed by atoms with van der Waals surface area (Å²) < 4.78 is 5.51. The summed E-state index contributed by atoms with van der Waals surface area (Å²) in [4.78, 5) is 24.6. The molecule has 0 saturated heterocycles. The average molecular weight is 1160 g/mol. The van der Waals surface area contributed by atoms with Crippen LogP contribution in [-0.4, -0.2) is 47.4 Å². The van der Waals surface area contributed by atoms with Crippen LogP contribution in [0.5, 0.6) is 0 Å². The Kier molecular flexibility index (Phi) is 71.3. The van der Waals surface area contributed by atoms with Crippen molar-refractivity contribution in [3.05, 3.63) is 0 Å². The van der Waals surface area contributed by atoms with E-state index in [0.717, 1.165) is 38.5 Å². The van der Waals surface area contributed by atoms with E-state index in [1.807, 2.05) is 0 Å². The lowest BCUT2D eigenvalue weighted by atomic mass is 10.0. The van der Waals surface area contributed by atoms with Crippen molar-refractivity contribution in [2.45, 2.75) is 463 Å². The molecule has 0 aliphatic heterocycles. The van der Waals surface area contributed by atoms with Crippen LogP contribution in [0.3, 0.4) is 0 Å². The summed E-state index contributed by atoms with van der Waals surface area (Å²) >= 11 is 0. The molecule has 0 fully saturated rings. The Balaban J connectivity index is 3.31. The van der Waals surface area contributed by atoms with E-state index in [9.17, 15) is 19.8 Å². The fourth-order valence-corrected chi connectivity index (χ4v) is 12.6. The molecule has 6 nitrogen and oxygen atoms in total. The number of carbonyl (C=O) groups excluding carboxylic acids is 2. The highest BCUT2D eigenvalue weighted by Gasteiger charge is 2.20. The van der Waals surface area contributed by atoms with Gasteiger partial charge in [0.05, 0.1) is 25.4 Å². The molecule has 490 valence electrons. The minimum Gasteiger partial charge on any atom is -0.466 e. The number of rotatable bonds is 73. The number of hydrogen-bond acceptors (Lipinski definition) is 5. The lowest BCUT2D eigenvalue weighted by Crippen LogP contribution is -2.45. The van der Waals surface area contributed by atoms with E-state index in [1.165, 1.54) is 379 Å². The SMILES string of the molecule is CCCCCCCCCCCCCCCCCCCCCC(O)C(CO)NC(=O)CCCCCCCCCCCCCCCCCCCCCCCCCCCCCCCCCOC(=O)CCCCCCCCCCCCCCCCC. The molecule has 82 heavy (non-hydrogen) atoms. The molecule has 1 amide bonds. The monoisotopic (exact) mass is 1160 g/mol. The van der Waals surface area contributed by atoms with Gasteiger partial charge in [-0.3, -0.25) is 9.59 Å². The largest absolute Gasteiger partial charge is 0.466 e. The second kappa shape index (κ2) is 72.3. The summed E-state index contributed by atoms with van der Waals surface area (Å²) in [6.45, 7) is 5.02. The second-order valence-electron chi connectivity index (χ2n) is 26.7. The van der Waals surface area contributed by atoms with Crippen LogP contribution in [0.1, 0.15) is 450 Å². The van der Waals surface area contributed by atoms with E-state index in [0.29, 0.717) is 25.9 Å². The Morgan fingerprint density at radius 2 is 0.500 bits per heavy atom. The molecule has 0 aromatic rings. The quantitative estimate of drug-likeness (QED) is 0.0417. The molecule has 6 heteroatoms. The van der Waals surface area contributed by atoms with E-state index in [-0.39, 0.29) is 18.5 Å². The van der Waals surface area contributed by atoms with Gasteiger partial charge in [0.1, 0.15) is 0 Å². The number of esters is 1. The van der Waals surface area contributed by atoms with E-state index < -0.39 is 12.1 Å². The molecular formula is C76H151NO5. The average Bonchev–Trinajstić information content (AvgIpc) is 3.48. The summed E-state index contributed by atoms with van der Waals surface area (Å²) in [7, 11) is 0. The maximum absolute atomic E-state index is 12.5. The first-order valence-corrected chi connectivity index (χ1v) is 38.3. The van der Waals surface area contributed by atoms with Gasteiger partial charge in [0.2, 0.25) is 5.91 Å². The first-order valence-electron chi connectivity index (χ1n) is 38.3. The van der Waals surface area contributed by atoms with Crippen LogP contribution >= 0.6 is 0 Å². The van der Waals surface area contributed by atoms with Crippen molar-refractivity contribution in [2.24, 2.45) is 0 Å². The van der Waals surface area contributed by atoms with Gasteiger partial charge < -0.3 is 20.3 Å². The smallest absolute Gasteiger partial charge is 0.305 e. The van der Waals surface area contributed by atoms with Gasteiger partial charge >= 0.3 is 5.97 Å². The number of carbonyl (C=O) groups is 2. The molecule has 2 unspecified atom stereocenters. The number of amides is 1. The van der Waals surface area contributed by atoms with Gasteiger partial charge in [-0.2, -0.15) is 0 Å². The minimum absolute atomic E-state index is 0.0250. The lowest BCUT2D eigenvalue weighted by molar-refractivity contribution is -0.143. The molecule has 0 bridgehead atoms. The fraction of sp³-hybridized carbons (Fsp3) is 0.974. The van der Waals surface area contributed by atoms with Crippen molar-refractivity contribution in [1.82, 2.24) is 5.32 Å². The normalized spacial score (nSPS) is 12.4. The van der Waals surface area contributed by atoms with Crippen LogP contribution in [0, 0.1) is 0 Å². The number of nitrogens with one attached hydrogen (secondary N) is 1. The van der Waals surface area contributed by atoms with Crippen LogP contribution < -0.4 is 5.32 Å². The van der Waals surface area contributed by atoms with Crippen molar-refractivity contribution in [2.75, 3.05) is 13.2 Å². The Hall–Kier alpha value is -1.14. The summed E-state index contributed by atoms with van der Waals surface area (Å²) in [6, 6.07) is -0.538. The molecule has 0 saturated carbocycles. The predicted molar refractivity (Wildman–Crippen MR) is 361 cm³/mol. The molecule has 0 spiro atoms. The molecule has 2 atom stereocenters. The molecule has 0 rings (SSSR count). The molecule has 0 aliphatic carbocycles. The fourth-order valence-electron chi connectivity index (χ4n) is 12.6. The summed E-state index contributed by atoms with van der Waals surface area (Å²) in [6.07, 6.45) is 89.0. The summed E-state index contributed by atoms with van der Waals surface area (Å²) in [5.41, 5.74) is 0. The zero-order valence-corrected chi connectivity index (χ0v) is 56.3. The Morgan fingerprint density at radius 3 is 0.744 bits per heavy atom. The topological polar surface area (TPSA) is 95.9 Å². The first kappa shape index (κ1) is 80.9. The molecule has 0 aliphatic rings. The predicted octanol–water partition coefficient (Wildman–Crippen LogP) is 24.9.